The summed E-state index contributed by atoms with van der Waals surface area (Å²) in [6.45, 7) is 4.18. The van der Waals surface area contributed by atoms with E-state index in [0.717, 1.165) is 0 Å². The number of rotatable bonds is 5. The first-order valence-corrected chi connectivity index (χ1v) is 6.05. The molecule has 0 aliphatic carbocycles. The molecule has 2 rings (SSSR count). The molecule has 1 unspecified atom stereocenters. The van der Waals surface area contributed by atoms with Crippen molar-refractivity contribution >= 4 is 5.97 Å². The van der Waals surface area contributed by atoms with Gasteiger partial charge < -0.3 is 18.9 Å². The second-order valence-electron chi connectivity index (χ2n) is 4.88. The second kappa shape index (κ2) is 5.09. The zero-order valence-electron chi connectivity index (χ0n) is 11.6. The molecule has 0 spiro atoms. The van der Waals surface area contributed by atoms with Crippen LogP contribution in [0.4, 0.5) is 0 Å². The smallest absolute Gasteiger partial charge is 0.338 e. The van der Waals surface area contributed by atoms with Crippen molar-refractivity contribution < 1.29 is 23.7 Å². The molecule has 1 aromatic carbocycles. The van der Waals surface area contributed by atoms with Crippen molar-refractivity contribution in [2.45, 2.75) is 25.6 Å². The summed E-state index contributed by atoms with van der Waals surface area (Å²) in [5, 5.41) is 0. The molecular formula is C14H18O5. The minimum atomic E-state index is -0.396. The average molecular weight is 266 g/mol. The summed E-state index contributed by atoms with van der Waals surface area (Å²) in [5.74, 6) is 0.679. The van der Waals surface area contributed by atoms with Crippen molar-refractivity contribution in [2.24, 2.45) is 0 Å². The standard InChI is InChI=1S/C14H18O5/c1-14(2)12(19-14)8-18-13(15)9-5-6-10(16-3)11(7-9)17-4/h5-7,12H,8H2,1-4H3. The van der Waals surface area contributed by atoms with Gasteiger partial charge in [0.05, 0.1) is 25.4 Å². The number of carbonyl (C=O) groups excluding carboxylic acids is 1. The van der Waals surface area contributed by atoms with E-state index in [9.17, 15) is 4.79 Å². The maximum absolute atomic E-state index is 11.9. The number of methoxy groups -OCH3 is 2. The number of epoxide rings is 1. The van der Waals surface area contributed by atoms with Gasteiger partial charge in [-0.15, -0.1) is 0 Å². The van der Waals surface area contributed by atoms with Crippen LogP contribution in [0.1, 0.15) is 24.2 Å². The molecule has 0 bridgehead atoms. The Labute approximate surface area is 112 Å². The molecule has 0 radical (unpaired) electrons. The minimum absolute atomic E-state index is 0.0170. The Morgan fingerprint density at radius 2 is 1.89 bits per heavy atom. The lowest BCUT2D eigenvalue weighted by atomic mass is 10.1. The lowest BCUT2D eigenvalue weighted by Gasteiger charge is -2.09. The van der Waals surface area contributed by atoms with E-state index < -0.39 is 5.97 Å². The van der Waals surface area contributed by atoms with Crippen LogP contribution in [-0.2, 0) is 9.47 Å². The fraction of sp³-hybridized carbons (Fsp3) is 0.500. The van der Waals surface area contributed by atoms with Crippen molar-refractivity contribution in [3.63, 3.8) is 0 Å². The van der Waals surface area contributed by atoms with E-state index in [4.69, 9.17) is 18.9 Å². The van der Waals surface area contributed by atoms with Gasteiger partial charge in [0.1, 0.15) is 12.7 Å². The molecule has 1 aromatic rings. The topological polar surface area (TPSA) is 57.3 Å². The van der Waals surface area contributed by atoms with Gasteiger partial charge in [-0.3, -0.25) is 0 Å². The summed E-state index contributed by atoms with van der Waals surface area (Å²) in [5.41, 5.74) is 0.244. The van der Waals surface area contributed by atoms with Crippen LogP contribution < -0.4 is 9.47 Å². The molecule has 5 nitrogen and oxygen atoms in total. The molecule has 5 heteroatoms. The van der Waals surface area contributed by atoms with Gasteiger partial charge in [-0.05, 0) is 32.0 Å². The number of esters is 1. The Hall–Kier alpha value is -1.75. The van der Waals surface area contributed by atoms with Gasteiger partial charge in [-0.25, -0.2) is 4.79 Å². The van der Waals surface area contributed by atoms with E-state index in [1.165, 1.54) is 7.11 Å². The Morgan fingerprint density at radius 3 is 2.42 bits per heavy atom. The molecule has 1 heterocycles. The van der Waals surface area contributed by atoms with Crippen LogP contribution in [0.3, 0.4) is 0 Å². The van der Waals surface area contributed by atoms with Crippen molar-refractivity contribution in [1.29, 1.82) is 0 Å². The second-order valence-corrected chi connectivity index (χ2v) is 4.88. The quantitative estimate of drug-likeness (QED) is 0.603. The number of ether oxygens (including phenoxy) is 4. The van der Waals surface area contributed by atoms with E-state index in [2.05, 4.69) is 0 Å². The molecule has 104 valence electrons. The van der Waals surface area contributed by atoms with Gasteiger partial charge in [0, 0.05) is 0 Å². The lowest BCUT2D eigenvalue weighted by molar-refractivity contribution is 0.0476. The van der Waals surface area contributed by atoms with Crippen LogP contribution in [0.2, 0.25) is 0 Å². The highest BCUT2D eigenvalue weighted by Crippen LogP contribution is 2.35. The van der Waals surface area contributed by atoms with Gasteiger partial charge in [0.2, 0.25) is 0 Å². The third-order valence-corrected chi connectivity index (χ3v) is 3.15. The Kier molecular flexibility index (Phi) is 3.66. The highest BCUT2D eigenvalue weighted by atomic mass is 16.6. The third-order valence-electron chi connectivity index (χ3n) is 3.15. The normalized spacial score (nSPS) is 19.7. The molecule has 0 N–H and O–H groups in total. The van der Waals surface area contributed by atoms with Gasteiger partial charge in [0.15, 0.2) is 11.5 Å². The third kappa shape index (κ3) is 2.98. The number of hydrogen-bond acceptors (Lipinski definition) is 5. The van der Waals surface area contributed by atoms with Crippen molar-refractivity contribution in [3.8, 4) is 11.5 Å². The lowest BCUT2D eigenvalue weighted by Crippen LogP contribution is -2.14. The Balaban J connectivity index is 1.99. The van der Waals surface area contributed by atoms with E-state index >= 15 is 0 Å². The van der Waals surface area contributed by atoms with E-state index in [0.29, 0.717) is 17.1 Å². The monoisotopic (exact) mass is 266 g/mol. The Morgan fingerprint density at radius 1 is 1.26 bits per heavy atom. The maximum Gasteiger partial charge on any atom is 0.338 e. The first-order valence-electron chi connectivity index (χ1n) is 6.05. The molecule has 19 heavy (non-hydrogen) atoms. The minimum Gasteiger partial charge on any atom is -0.493 e. The fourth-order valence-electron chi connectivity index (χ4n) is 1.77. The zero-order chi connectivity index (χ0) is 14.0. The van der Waals surface area contributed by atoms with Gasteiger partial charge in [-0.2, -0.15) is 0 Å². The molecule has 1 fully saturated rings. The molecule has 1 saturated heterocycles. The molecule has 0 saturated carbocycles. The van der Waals surface area contributed by atoms with Crippen molar-refractivity contribution in [3.05, 3.63) is 23.8 Å². The van der Waals surface area contributed by atoms with Crippen LogP contribution in [-0.4, -0.2) is 38.5 Å². The van der Waals surface area contributed by atoms with Crippen molar-refractivity contribution in [2.75, 3.05) is 20.8 Å². The number of carbonyl (C=O) groups is 1. The van der Waals surface area contributed by atoms with E-state index in [1.807, 2.05) is 13.8 Å². The first-order chi connectivity index (χ1) is 8.97. The Bertz CT molecular complexity index is 481. The molecule has 1 aliphatic heterocycles. The molecule has 1 aliphatic rings. The largest absolute Gasteiger partial charge is 0.493 e. The maximum atomic E-state index is 11.9. The van der Waals surface area contributed by atoms with Crippen molar-refractivity contribution in [1.82, 2.24) is 0 Å². The summed E-state index contributed by atoms with van der Waals surface area (Å²) >= 11 is 0. The number of benzene rings is 1. The van der Waals surface area contributed by atoms with E-state index in [-0.39, 0.29) is 18.3 Å². The van der Waals surface area contributed by atoms with Crippen LogP contribution in [0.15, 0.2) is 18.2 Å². The van der Waals surface area contributed by atoms with Crippen LogP contribution in [0.25, 0.3) is 0 Å². The molecular weight excluding hydrogens is 248 g/mol. The molecule has 1 atom stereocenters. The highest BCUT2D eigenvalue weighted by Gasteiger charge is 2.48. The summed E-state index contributed by atoms with van der Waals surface area (Å²) in [7, 11) is 3.07. The predicted octanol–water partition coefficient (Wildman–Crippen LogP) is 2.04. The van der Waals surface area contributed by atoms with E-state index in [1.54, 1.807) is 25.3 Å². The summed E-state index contributed by atoms with van der Waals surface area (Å²) < 4.78 is 20.8. The van der Waals surface area contributed by atoms with Gasteiger partial charge >= 0.3 is 5.97 Å². The first kappa shape index (κ1) is 13.7. The molecule has 0 amide bonds. The molecule has 0 aromatic heterocycles. The summed E-state index contributed by atoms with van der Waals surface area (Å²) in [6.07, 6.45) is -0.0170. The zero-order valence-corrected chi connectivity index (χ0v) is 11.6. The number of hydrogen-bond donors (Lipinski definition) is 0. The summed E-state index contributed by atoms with van der Waals surface area (Å²) in [6, 6.07) is 4.91. The predicted molar refractivity (Wildman–Crippen MR) is 68.8 cm³/mol. The van der Waals surface area contributed by atoms with Gasteiger partial charge in [0.25, 0.3) is 0 Å². The van der Waals surface area contributed by atoms with Crippen LogP contribution in [0, 0.1) is 0 Å². The van der Waals surface area contributed by atoms with Crippen LogP contribution in [0.5, 0.6) is 11.5 Å². The summed E-state index contributed by atoms with van der Waals surface area (Å²) in [4.78, 5) is 11.9. The van der Waals surface area contributed by atoms with Crippen LogP contribution >= 0.6 is 0 Å². The average Bonchev–Trinajstić information content (AvgIpc) is 3.02. The fourth-order valence-corrected chi connectivity index (χ4v) is 1.77. The highest BCUT2D eigenvalue weighted by molar-refractivity contribution is 5.90. The van der Waals surface area contributed by atoms with Gasteiger partial charge in [-0.1, -0.05) is 0 Å². The SMILES string of the molecule is COc1ccc(C(=O)OCC2OC2(C)C)cc1OC.